The van der Waals surface area contributed by atoms with Crippen LogP contribution in [0.4, 0.5) is 0 Å². The van der Waals surface area contributed by atoms with Crippen LogP contribution in [0.15, 0.2) is 24.3 Å². The van der Waals surface area contributed by atoms with Crippen LogP contribution in [-0.4, -0.2) is 38.7 Å². The van der Waals surface area contributed by atoms with Crippen molar-refractivity contribution in [1.82, 2.24) is 4.90 Å². The highest BCUT2D eigenvalue weighted by molar-refractivity contribution is 6.45. The van der Waals surface area contributed by atoms with Crippen molar-refractivity contribution in [1.29, 1.82) is 0 Å². The molecule has 0 bridgehead atoms. The number of carbonyl (C=O) groups excluding carboxylic acids is 3. The number of hydrogen-bond acceptors (Lipinski definition) is 4. The summed E-state index contributed by atoms with van der Waals surface area (Å²) in [6, 6.07) is 6.27. The Bertz CT molecular complexity index is 652. The van der Waals surface area contributed by atoms with E-state index in [4.69, 9.17) is 27.9 Å². The summed E-state index contributed by atoms with van der Waals surface area (Å²) in [7, 11) is 0. The van der Waals surface area contributed by atoms with Gasteiger partial charge in [-0.2, -0.15) is 0 Å². The molecule has 2 atom stereocenters. The number of esters is 1. The number of ether oxygens (including phenoxy) is 1. The lowest BCUT2D eigenvalue weighted by Gasteiger charge is -2.31. The SMILES string of the molecule is CC1(C)OC(=O)[C@](Cl)(N2C(=O)c3ccccc3C2=O)[C@@H]1Cl. The van der Waals surface area contributed by atoms with Gasteiger partial charge in [0.05, 0.1) is 11.1 Å². The highest BCUT2D eigenvalue weighted by atomic mass is 35.5. The lowest BCUT2D eigenvalue weighted by Crippen LogP contribution is -2.57. The quantitative estimate of drug-likeness (QED) is 0.343. The minimum absolute atomic E-state index is 0.198. The zero-order valence-corrected chi connectivity index (χ0v) is 12.7. The Kier molecular flexibility index (Phi) is 2.88. The summed E-state index contributed by atoms with van der Waals surface area (Å²) < 4.78 is 5.14. The predicted molar refractivity (Wildman–Crippen MR) is 75.3 cm³/mol. The Balaban J connectivity index is 2.13. The molecule has 0 radical (unpaired) electrons. The molecule has 2 amide bonds. The summed E-state index contributed by atoms with van der Waals surface area (Å²) in [5.74, 6) is -2.19. The van der Waals surface area contributed by atoms with Gasteiger partial charge in [0.1, 0.15) is 11.0 Å². The fourth-order valence-electron chi connectivity index (χ4n) is 2.62. The number of amides is 2. The number of fused-ring (bicyclic) bond motifs is 1. The number of alkyl halides is 2. The summed E-state index contributed by atoms with van der Waals surface area (Å²) in [4.78, 5) is 35.7. The summed E-state index contributed by atoms with van der Waals surface area (Å²) in [5, 5.41) is -1.07. The van der Waals surface area contributed by atoms with E-state index in [2.05, 4.69) is 0 Å². The van der Waals surface area contributed by atoms with Gasteiger partial charge in [-0.1, -0.05) is 23.7 Å². The second kappa shape index (κ2) is 4.21. The Hall–Kier alpha value is -1.59. The first kappa shape index (κ1) is 14.4. The number of nitrogens with zero attached hydrogens (tertiary/aromatic N) is 1. The van der Waals surface area contributed by atoms with Crippen molar-refractivity contribution in [2.24, 2.45) is 0 Å². The Labute approximate surface area is 130 Å². The number of carbonyl (C=O) groups is 3. The van der Waals surface area contributed by atoms with Crippen LogP contribution in [0.1, 0.15) is 34.6 Å². The maximum absolute atomic E-state index is 12.5. The molecule has 5 nitrogen and oxygen atoms in total. The molecule has 1 aromatic carbocycles. The van der Waals surface area contributed by atoms with E-state index in [1.54, 1.807) is 26.0 Å². The maximum atomic E-state index is 12.5. The second-order valence-electron chi connectivity index (χ2n) is 5.52. The topological polar surface area (TPSA) is 63.7 Å². The van der Waals surface area contributed by atoms with E-state index in [9.17, 15) is 14.4 Å². The third-order valence-electron chi connectivity index (χ3n) is 3.71. The number of benzene rings is 1. The van der Waals surface area contributed by atoms with Crippen molar-refractivity contribution in [3.63, 3.8) is 0 Å². The van der Waals surface area contributed by atoms with Crippen molar-refractivity contribution < 1.29 is 19.1 Å². The Morgan fingerprint density at radius 3 is 1.95 bits per heavy atom. The van der Waals surface area contributed by atoms with Crippen LogP contribution in [0.25, 0.3) is 0 Å². The van der Waals surface area contributed by atoms with Gasteiger partial charge >= 0.3 is 5.97 Å². The molecule has 110 valence electrons. The van der Waals surface area contributed by atoms with Crippen molar-refractivity contribution in [3.05, 3.63) is 35.4 Å². The Morgan fingerprint density at radius 2 is 1.57 bits per heavy atom. The number of imide groups is 1. The smallest absolute Gasteiger partial charge is 0.350 e. The van der Waals surface area contributed by atoms with Gasteiger partial charge in [0.15, 0.2) is 0 Å². The van der Waals surface area contributed by atoms with Crippen LogP contribution >= 0.6 is 23.2 Å². The van der Waals surface area contributed by atoms with Crippen molar-refractivity contribution >= 4 is 41.0 Å². The van der Waals surface area contributed by atoms with Crippen LogP contribution in [-0.2, 0) is 9.53 Å². The van der Waals surface area contributed by atoms with Gasteiger partial charge in [-0.05, 0) is 26.0 Å². The number of cyclic esters (lactones) is 1. The maximum Gasteiger partial charge on any atom is 0.350 e. The van der Waals surface area contributed by atoms with E-state index in [1.807, 2.05) is 0 Å². The molecule has 0 unspecified atom stereocenters. The fraction of sp³-hybridized carbons (Fsp3) is 0.357. The number of rotatable bonds is 1. The first-order valence-corrected chi connectivity index (χ1v) is 7.07. The van der Waals surface area contributed by atoms with E-state index >= 15 is 0 Å². The number of halogens is 2. The minimum Gasteiger partial charge on any atom is -0.455 e. The molecule has 0 spiro atoms. The second-order valence-corrected chi connectivity index (χ2v) is 6.53. The van der Waals surface area contributed by atoms with Crippen LogP contribution in [0.2, 0.25) is 0 Å². The monoisotopic (exact) mass is 327 g/mol. The molecule has 1 aromatic rings. The molecular weight excluding hydrogens is 317 g/mol. The Morgan fingerprint density at radius 1 is 1.10 bits per heavy atom. The molecule has 1 saturated heterocycles. The van der Waals surface area contributed by atoms with Gasteiger partial charge in [0, 0.05) is 0 Å². The molecule has 3 rings (SSSR count). The average molecular weight is 328 g/mol. The zero-order chi connectivity index (χ0) is 15.6. The summed E-state index contributed by atoms with van der Waals surface area (Å²) in [5.41, 5.74) is -0.691. The molecule has 21 heavy (non-hydrogen) atoms. The fourth-order valence-corrected chi connectivity index (χ4v) is 3.30. The molecular formula is C14H11Cl2NO4. The largest absolute Gasteiger partial charge is 0.455 e. The van der Waals surface area contributed by atoms with Gasteiger partial charge in [0.2, 0.25) is 5.00 Å². The van der Waals surface area contributed by atoms with Crippen molar-refractivity contribution in [3.8, 4) is 0 Å². The lowest BCUT2D eigenvalue weighted by atomic mass is 10.0. The summed E-state index contributed by atoms with van der Waals surface area (Å²) >= 11 is 12.6. The first-order chi connectivity index (χ1) is 9.71. The molecule has 2 aliphatic rings. The van der Waals surface area contributed by atoms with Gasteiger partial charge in [-0.3, -0.25) is 9.59 Å². The standard InChI is InChI=1S/C14H11Cl2NO4/c1-13(2)11(15)14(16,12(20)21-13)17-9(18)7-5-3-4-6-8(7)10(17)19/h3-6,11H,1-2H3/t11-,14-/m1/s1. The number of hydrogen-bond donors (Lipinski definition) is 0. The van der Waals surface area contributed by atoms with Crippen LogP contribution in [0.5, 0.6) is 0 Å². The van der Waals surface area contributed by atoms with Gasteiger partial charge in [-0.25, -0.2) is 9.69 Å². The molecule has 1 fully saturated rings. The van der Waals surface area contributed by atoms with Crippen LogP contribution < -0.4 is 0 Å². The third kappa shape index (κ3) is 1.67. The first-order valence-electron chi connectivity index (χ1n) is 6.25. The summed E-state index contributed by atoms with van der Waals surface area (Å²) in [6.07, 6.45) is 0. The molecule has 0 saturated carbocycles. The highest BCUT2D eigenvalue weighted by Crippen LogP contribution is 2.47. The van der Waals surface area contributed by atoms with E-state index < -0.39 is 33.8 Å². The molecule has 0 aliphatic carbocycles. The van der Waals surface area contributed by atoms with Crippen molar-refractivity contribution in [2.75, 3.05) is 0 Å². The average Bonchev–Trinajstić information content (AvgIpc) is 2.77. The molecule has 2 aliphatic heterocycles. The zero-order valence-electron chi connectivity index (χ0n) is 11.2. The highest BCUT2D eigenvalue weighted by Gasteiger charge is 2.67. The van der Waals surface area contributed by atoms with E-state index in [0.29, 0.717) is 4.90 Å². The molecule has 0 aromatic heterocycles. The normalized spacial score (nSPS) is 30.6. The van der Waals surface area contributed by atoms with Gasteiger partial charge < -0.3 is 4.74 Å². The van der Waals surface area contributed by atoms with Crippen molar-refractivity contribution in [2.45, 2.75) is 29.8 Å². The molecule has 0 N–H and O–H groups in total. The molecule has 2 heterocycles. The predicted octanol–water partition coefficient (Wildman–Crippen LogP) is 2.16. The van der Waals surface area contributed by atoms with Crippen LogP contribution in [0.3, 0.4) is 0 Å². The van der Waals surface area contributed by atoms with Crippen LogP contribution in [0, 0.1) is 0 Å². The van der Waals surface area contributed by atoms with Gasteiger partial charge in [0.25, 0.3) is 11.8 Å². The van der Waals surface area contributed by atoms with E-state index in [-0.39, 0.29) is 11.1 Å². The lowest BCUT2D eigenvalue weighted by molar-refractivity contribution is -0.149. The van der Waals surface area contributed by atoms with E-state index in [0.717, 1.165) is 0 Å². The molecule has 7 heteroatoms. The van der Waals surface area contributed by atoms with E-state index in [1.165, 1.54) is 12.1 Å². The van der Waals surface area contributed by atoms with Gasteiger partial charge in [-0.15, -0.1) is 11.6 Å². The summed E-state index contributed by atoms with van der Waals surface area (Å²) in [6.45, 7) is 3.15. The third-order valence-corrected chi connectivity index (χ3v) is 5.20. The minimum atomic E-state index is -2.04.